The molecule has 0 unspecified atom stereocenters. The third kappa shape index (κ3) is 2.85. The van der Waals surface area contributed by atoms with Gasteiger partial charge in [-0.15, -0.1) is 0 Å². The summed E-state index contributed by atoms with van der Waals surface area (Å²) in [5.41, 5.74) is 1.95. The molecule has 1 heterocycles. The second-order valence-electron chi connectivity index (χ2n) is 5.37. The van der Waals surface area contributed by atoms with E-state index in [1.165, 1.54) is 13.0 Å². The van der Waals surface area contributed by atoms with Gasteiger partial charge in [0.1, 0.15) is 0 Å². The van der Waals surface area contributed by atoms with Gasteiger partial charge in [-0.05, 0) is 18.2 Å². The summed E-state index contributed by atoms with van der Waals surface area (Å²) in [6.45, 7) is 2.45. The molecule has 5 heteroatoms. The Bertz CT molecular complexity index is 830. The number of fused-ring (bicyclic) bond motifs is 1. The van der Waals surface area contributed by atoms with Crippen LogP contribution in [0.2, 0.25) is 0 Å². The fourth-order valence-corrected chi connectivity index (χ4v) is 2.71. The van der Waals surface area contributed by atoms with E-state index in [9.17, 15) is 14.4 Å². The smallest absolute Gasteiger partial charge is 0.216 e. The van der Waals surface area contributed by atoms with Crippen molar-refractivity contribution in [2.24, 2.45) is 0 Å². The minimum atomic E-state index is -0.162. The van der Waals surface area contributed by atoms with Crippen LogP contribution in [0.3, 0.4) is 0 Å². The van der Waals surface area contributed by atoms with E-state index in [2.05, 4.69) is 5.32 Å². The summed E-state index contributed by atoms with van der Waals surface area (Å²) in [4.78, 5) is 35.9. The minimum Gasteiger partial charge on any atom is -0.355 e. The molecule has 0 saturated carbocycles. The van der Waals surface area contributed by atoms with Gasteiger partial charge in [-0.1, -0.05) is 24.3 Å². The van der Waals surface area contributed by atoms with Crippen molar-refractivity contribution in [1.29, 1.82) is 0 Å². The molecule has 5 nitrogen and oxygen atoms in total. The van der Waals surface area contributed by atoms with Crippen molar-refractivity contribution in [2.75, 3.05) is 6.54 Å². The summed E-state index contributed by atoms with van der Waals surface area (Å²) in [5.74, 6) is -0.416. The number of benzene rings is 1. The number of hydrogen-bond acceptors (Lipinski definition) is 3. The number of amides is 1. The molecular weight excluding hydrogens is 292 g/mol. The van der Waals surface area contributed by atoms with Crippen molar-refractivity contribution in [3.8, 4) is 0 Å². The van der Waals surface area contributed by atoms with Crippen LogP contribution in [0.5, 0.6) is 0 Å². The summed E-state index contributed by atoms with van der Waals surface area (Å²) in [7, 11) is 0. The zero-order valence-corrected chi connectivity index (χ0v) is 12.7. The molecule has 0 atom stereocenters. The number of carbonyl (C=O) groups is 3. The predicted octanol–water partition coefficient (Wildman–Crippen LogP) is 2.09. The molecule has 23 heavy (non-hydrogen) atoms. The van der Waals surface area contributed by atoms with Crippen LogP contribution in [-0.4, -0.2) is 28.6 Å². The van der Waals surface area contributed by atoms with E-state index < -0.39 is 0 Å². The second kappa shape index (κ2) is 6.04. The Kier molecular flexibility index (Phi) is 3.93. The highest BCUT2D eigenvalue weighted by molar-refractivity contribution is 6.38. The molecule has 1 N–H and O–H groups in total. The molecule has 1 amide bonds. The van der Waals surface area contributed by atoms with Gasteiger partial charge in [0.2, 0.25) is 5.91 Å². The van der Waals surface area contributed by atoms with Gasteiger partial charge >= 0.3 is 0 Å². The molecule has 0 spiro atoms. The van der Waals surface area contributed by atoms with E-state index >= 15 is 0 Å². The van der Waals surface area contributed by atoms with E-state index in [1.54, 1.807) is 30.3 Å². The van der Waals surface area contributed by atoms with Crippen molar-refractivity contribution in [1.82, 2.24) is 9.88 Å². The van der Waals surface area contributed by atoms with E-state index in [-0.39, 0.29) is 17.5 Å². The topological polar surface area (TPSA) is 68.2 Å². The Balaban J connectivity index is 1.92. The molecule has 0 bridgehead atoms. The maximum absolute atomic E-state index is 12.7. The molecule has 116 valence electrons. The third-order valence-corrected chi connectivity index (χ3v) is 3.79. The summed E-state index contributed by atoms with van der Waals surface area (Å²) >= 11 is 0. The highest BCUT2D eigenvalue weighted by Gasteiger charge is 2.27. The molecule has 1 aromatic carbocycles. The molecule has 0 aliphatic heterocycles. The Morgan fingerprint density at radius 1 is 1.09 bits per heavy atom. The largest absolute Gasteiger partial charge is 0.355 e. The van der Waals surface area contributed by atoms with Crippen LogP contribution in [0.4, 0.5) is 0 Å². The van der Waals surface area contributed by atoms with Crippen molar-refractivity contribution in [2.45, 2.75) is 13.5 Å². The fraction of sp³-hybridized carbons (Fsp3) is 0.167. The van der Waals surface area contributed by atoms with Crippen molar-refractivity contribution < 1.29 is 14.4 Å². The number of carbonyl (C=O) groups excluding carboxylic acids is 3. The first-order chi connectivity index (χ1) is 11.1. The number of rotatable bonds is 4. The normalized spacial score (nSPS) is 13.5. The lowest BCUT2D eigenvalue weighted by Crippen LogP contribution is -2.25. The lowest BCUT2D eigenvalue weighted by molar-refractivity contribution is -0.118. The molecule has 1 aliphatic rings. The van der Waals surface area contributed by atoms with Crippen LogP contribution in [0.15, 0.2) is 48.7 Å². The predicted molar refractivity (Wildman–Crippen MR) is 86.2 cm³/mol. The molecule has 1 aromatic heterocycles. The SMILES string of the molecule is CC(=O)NCCn1cccc1C1=CC(=O)c2ccccc2C1=O. The van der Waals surface area contributed by atoms with Gasteiger partial charge in [-0.25, -0.2) is 0 Å². The van der Waals surface area contributed by atoms with Gasteiger partial charge in [-0.2, -0.15) is 0 Å². The lowest BCUT2D eigenvalue weighted by atomic mass is 9.88. The van der Waals surface area contributed by atoms with Gasteiger partial charge < -0.3 is 9.88 Å². The number of hydrogen-bond donors (Lipinski definition) is 1. The van der Waals surface area contributed by atoms with Crippen LogP contribution in [-0.2, 0) is 11.3 Å². The molecule has 0 fully saturated rings. The zero-order chi connectivity index (χ0) is 16.4. The quantitative estimate of drug-likeness (QED) is 0.940. The fourth-order valence-electron chi connectivity index (χ4n) is 2.71. The molecule has 1 aliphatic carbocycles. The highest BCUT2D eigenvalue weighted by atomic mass is 16.1. The van der Waals surface area contributed by atoms with Crippen LogP contribution in [0.25, 0.3) is 5.57 Å². The highest BCUT2D eigenvalue weighted by Crippen LogP contribution is 2.27. The second-order valence-corrected chi connectivity index (χ2v) is 5.37. The summed E-state index contributed by atoms with van der Waals surface area (Å²) in [6, 6.07) is 10.5. The summed E-state index contributed by atoms with van der Waals surface area (Å²) < 4.78 is 1.86. The van der Waals surface area contributed by atoms with E-state index in [0.717, 1.165) is 0 Å². The Morgan fingerprint density at radius 2 is 1.83 bits per heavy atom. The van der Waals surface area contributed by atoms with Gasteiger partial charge in [0.25, 0.3) is 0 Å². The first-order valence-corrected chi connectivity index (χ1v) is 7.37. The lowest BCUT2D eigenvalue weighted by Gasteiger charge is -2.17. The maximum Gasteiger partial charge on any atom is 0.216 e. The monoisotopic (exact) mass is 308 g/mol. The minimum absolute atomic E-state index is 0.101. The Hall–Kier alpha value is -2.95. The number of aromatic nitrogens is 1. The maximum atomic E-state index is 12.7. The Labute approximate surface area is 133 Å². The zero-order valence-electron chi connectivity index (χ0n) is 12.7. The van der Waals surface area contributed by atoms with Crippen molar-refractivity contribution >= 4 is 23.0 Å². The number of nitrogens with zero attached hydrogens (tertiary/aromatic N) is 1. The molecule has 2 aromatic rings. The molecule has 0 saturated heterocycles. The standard InChI is InChI=1S/C18H16N2O3/c1-12(21)19-8-10-20-9-4-7-16(20)15-11-17(22)13-5-2-3-6-14(13)18(15)23/h2-7,9,11H,8,10H2,1H3,(H,19,21). The van der Waals surface area contributed by atoms with Crippen LogP contribution in [0.1, 0.15) is 33.3 Å². The van der Waals surface area contributed by atoms with Crippen LogP contribution < -0.4 is 5.32 Å². The summed E-state index contributed by atoms with van der Waals surface area (Å²) in [5, 5.41) is 2.72. The molecular formula is C18H16N2O3. The number of nitrogens with one attached hydrogen (secondary N) is 1. The Morgan fingerprint density at radius 3 is 2.57 bits per heavy atom. The van der Waals surface area contributed by atoms with Crippen molar-refractivity contribution in [3.05, 3.63) is 65.5 Å². The van der Waals surface area contributed by atoms with Crippen LogP contribution in [0, 0.1) is 0 Å². The molecule has 0 radical (unpaired) electrons. The number of ketones is 2. The average Bonchev–Trinajstić information content (AvgIpc) is 2.99. The average molecular weight is 308 g/mol. The number of allylic oxidation sites excluding steroid dienone is 2. The molecule has 3 rings (SSSR count). The van der Waals surface area contributed by atoms with E-state index in [1.807, 2.05) is 16.8 Å². The third-order valence-electron chi connectivity index (χ3n) is 3.79. The summed E-state index contributed by atoms with van der Waals surface area (Å²) in [6.07, 6.45) is 3.23. The first-order valence-electron chi connectivity index (χ1n) is 7.37. The van der Waals surface area contributed by atoms with Crippen LogP contribution >= 0.6 is 0 Å². The first kappa shape index (κ1) is 15.0. The van der Waals surface area contributed by atoms with E-state index in [4.69, 9.17) is 0 Å². The van der Waals surface area contributed by atoms with Gasteiger partial charge in [0.05, 0.1) is 11.3 Å². The van der Waals surface area contributed by atoms with Gasteiger partial charge in [0, 0.05) is 37.3 Å². The van der Waals surface area contributed by atoms with Gasteiger partial charge in [-0.3, -0.25) is 14.4 Å². The van der Waals surface area contributed by atoms with E-state index in [0.29, 0.717) is 35.5 Å². The van der Waals surface area contributed by atoms with Gasteiger partial charge in [0.15, 0.2) is 11.6 Å². The van der Waals surface area contributed by atoms with Crippen molar-refractivity contribution in [3.63, 3.8) is 0 Å². The number of Topliss-reactive ketones (excluding diaryl/α,β-unsaturated/α-hetero) is 1.